The lowest BCUT2D eigenvalue weighted by Gasteiger charge is -2.37. The van der Waals surface area contributed by atoms with Gasteiger partial charge in [0.25, 0.3) is 0 Å². The molecule has 0 radical (unpaired) electrons. The molecule has 0 saturated heterocycles. The minimum Gasteiger partial charge on any atom is -0.508 e. The first-order chi connectivity index (χ1) is 27.8. The lowest BCUT2D eigenvalue weighted by molar-refractivity contribution is 0.350. The van der Waals surface area contributed by atoms with Gasteiger partial charge in [0, 0.05) is 71.6 Å². The summed E-state index contributed by atoms with van der Waals surface area (Å²) in [6.45, 7) is 16.6. The predicted octanol–water partition coefficient (Wildman–Crippen LogP) is 10.5. The Kier molecular flexibility index (Phi) is 11.5. The van der Waals surface area contributed by atoms with Crippen molar-refractivity contribution < 1.29 is 50.3 Å². The second kappa shape index (κ2) is 16.1. The van der Waals surface area contributed by atoms with Crippen LogP contribution in [0.3, 0.4) is 0 Å². The molecule has 0 bridgehead atoms. The molecule has 0 fully saturated rings. The molecule has 0 amide bonds. The predicted molar refractivity (Wildman–Crippen MR) is 227 cm³/mol. The number of rotatable bonds is 8. The van der Waals surface area contributed by atoms with Crippen molar-refractivity contribution in [3.05, 3.63) is 140 Å². The van der Waals surface area contributed by atoms with E-state index in [2.05, 4.69) is 41.5 Å². The normalized spacial score (nSPS) is 18.3. The quantitative estimate of drug-likeness (QED) is 0.0752. The van der Waals surface area contributed by atoms with Crippen molar-refractivity contribution in [1.29, 1.82) is 0 Å². The van der Waals surface area contributed by atoms with Gasteiger partial charge in [0.1, 0.15) is 69.0 Å². The summed E-state index contributed by atoms with van der Waals surface area (Å²) in [6, 6.07) is 18.9. The Morgan fingerprint density at radius 2 is 0.729 bits per heavy atom. The number of benzene rings is 5. The number of fused-ring (bicyclic) bond motifs is 2. The van der Waals surface area contributed by atoms with E-state index >= 15 is 0 Å². The van der Waals surface area contributed by atoms with Crippen LogP contribution in [0.4, 0.5) is 0 Å². The van der Waals surface area contributed by atoms with E-state index in [1.54, 1.807) is 30.3 Å². The fourth-order valence-corrected chi connectivity index (χ4v) is 8.09. The fraction of sp³-hybridized carbons (Fsp3) is 0.306. The highest BCUT2D eigenvalue weighted by Crippen LogP contribution is 2.50. The van der Waals surface area contributed by atoms with E-state index < -0.39 is 0 Å². The maximum absolute atomic E-state index is 10.8. The van der Waals surface area contributed by atoms with Crippen molar-refractivity contribution in [2.75, 3.05) is 0 Å². The van der Waals surface area contributed by atoms with Gasteiger partial charge in [-0.3, -0.25) is 0 Å². The molecule has 0 aliphatic carbocycles. The maximum atomic E-state index is 10.8. The van der Waals surface area contributed by atoms with Crippen LogP contribution >= 0.6 is 0 Å². The molecular weight excluding hydrogens is 749 g/mol. The molecular formula is C49H54O10. The molecule has 10 heteroatoms. The van der Waals surface area contributed by atoms with Crippen molar-refractivity contribution in [3.8, 4) is 57.5 Å². The summed E-state index contributed by atoms with van der Waals surface area (Å²) in [5.41, 5.74) is 7.51. The average Bonchev–Trinajstić information content (AvgIpc) is 3.18. The third kappa shape index (κ3) is 8.04. The Morgan fingerprint density at radius 1 is 0.407 bits per heavy atom. The van der Waals surface area contributed by atoms with Gasteiger partial charge in [-0.2, -0.15) is 0 Å². The first kappa shape index (κ1) is 42.2. The molecule has 7 rings (SSSR count). The molecule has 2 heterocycles. The Hall–Kier alpha value is -6.42. The summed E-state index contributed by atoms with van der Waals surface area (Å²) in [5, 5.41) is 81.2. The van der Waals surface area contributed by atoms with Gasteiger partial charge in [-0.05, 0) is 115 Å². The SMILES string of the molecule is CCC1(C)C(C)=C(C)Oc2cc(O)c(Cc3cc(Cc4ccc(O)cc4O)c(O)cc3O)cc21.CCC1(C)C(C)=C(C)Oc2cc(O)c(Cc3ccc(O)cc3O)cc21. The third-order valence-corrected chi connectivity index (χ3v) is 12.8. The highest BCUT2D eigenvalue weighted by atomic mass is 16.5. The van der Waals surface area contributed by atoms with Gasteiger partial charge in [0.05, 0.1) is 0 Å². The Balaban J connectivity index is 0.000000208. The smallest absolute Gasteiger partial charge is 0.134 e. The molecule has 0 spiro atoms. The van der Waals surface area contributed by atoms with Crippen LogP contribution in [0.1, 0.15) is 113 Å². The van der Waals surface area contributed by atoms with E-state index in [1.165, 1.54) is 35.9 Å². The number of aromatic hydroxyl groups is 8. The lowest BCUT2D eigenvalue weighted by Crippen LogP contribution is -2.29. The summed E-state index contributed by atoms with van der Waals surface area (Å²) < 4.78 is 11.9. The molecule has 0 aromatic heterocycles. The number of hydrogen-bond donors (Lipinski definition) is 8. The van der Waals surface area contributed by atoms with Crippen LogP contribution in [0.2, 0.25) is 0 Å². The lowest BCUT2D eigenvalue weighted by atomic mass is 9.71. The van der Waals surface area contributed by atoms with Gasteiger partial charge in [-0.15, -0.1) is 0 Å². The molecule has 2 aliphatic heterocycles. The van der Waals surface area contributed by atoms with Crippen LogP contribution in [0.15, 0.2) is 95.5 Å². The number of phenolic OH excluding ortho intramolecular Hbond substituents is 8. The maximum Gasteiger partial charge on any atom is 0.134 e. The summed E-state index contributed by atoms with van der Waals surface area (Å²) in [4.78, 5) is 0. The van der Waals surface area contributed by atoms with Crippen LogP contribution in [0, 0.1) is 0 Å². The highest BCUT2D eigenvalue weighted by Gasteiger charge is 2.37. The number of ether oxygens (including phenoxy) is 2. The van der Waals surface area contributed by atoms with Crippen molar-refractivity contribution in [2.45, 2.75) is 98.3 Å². The molecule has 5 aromatic carbocycles. The standard InChI is InChI=1S/C28H30O6.C21H24O4/c1-5-28(4)15(2)16(3)34-27-14-26(33)20(11-22(27)28)10-19-9-18(24(31)13-25(19)32)8-17-6-7-21(29)12-23(17)30;1-5-21(4)12(2)13(3)25-20-11-19(24)15(9-17(20)21)8-14-6-7-16(22)10-18(14)23/h6-7,9,11-14,29-33H,5,8,10H2,1-4H3;6-7,9-11,22-24H,5,8H2,1-4H3. The molecule has 2 unspecified atom stereocenters. The van der Waals surface area contributed by atoms with Gasteiger partial charge < -0.3 is 50.3 Å². The fourth-order valence-electron chi connectivity index (χ4n) is 8.09. The van der Waals surface area contributed by atoms with Gasteiger partial charge in [0.2, 0.25) is 0 Å². The number of hydrogen-bond acceptors (Lipinski definition) is 10. The van der Waals surface area contributed by atoms with Crippen molar-refractivity contribution in [1.82, 2.24) is 0 Å². The van der Waals surface area contributed by atoms with Gasteiger partial charge in [-0.25, -0.2) is 0 Å². The molecule has 0 saturated carbocycles. The molecule has 310 valence electrons. The van der Waals surface area contributed by atoms with E-state index in [9.17, 15) is 40.9 Å². The van der Waals surface area contributed by atoms with Crippen molar-refractivity contribution >= 4 is 0 Å². The van der Waals surface area contributed by atoms with Crippen LogP contribution in [0.25, 0.3) is 0 Å². The van der Waals surface area contributed by atoms with E-state index in [1.807, 2.05) is 26.0 Å². The van der Waals surface area contributed by atoms with E-state index in [4.69, 9.17) is 9.47 Å². The largest absolute Gasteiger partial charge is 0.508 e. The first-order valence-corrected chi connectivity index (χ1v) is 19.8. The summed E-state index contributed by atoms with van der Waals surface area (Å²) in [7, 11) is 0. The average molecular weight is 803 g/mol. The van der Waals surface area contributed by atoms with Crippen LogP contribution < -0.4 is 9.47 Å². The highest BCUT2D eigenvalue weighted by molar-refractivity contribution is 5.59. The monoisotopic (exact) mass is 802 g/mol. The van der Waals surface area contributed by atoms with Gasteiger partial charge >= 0.3 is 0 Å². The third-order valence-electron chi connectivity index (χ3n) is 12.8. The molecule has 2 atom stereocenters. The van der Waals surface area contributed by atoms with Gasteiger partial charge in [0.15, 0.2) is 0 Å². The zero-order chi connectivity index (χ0) is 43.1. The molecule has 59 heavy (non-hydrogen) atoms. The van der Waals surface area contributed by atoms with Gasteiger partial charge in [-0.1, -0.05) is 39.8 Å². The minimum absolute atomic E-state index is 0.0125. The van der Waals surface area contributed by atoms with Crippen molar-refractivity contribution in [2.24, 2.45) is 0 Å². The summed E-state index contributed by atoms with van der Waals surface area (Å²) >= 11 is 0. The van der Waals surface area contributed by atoms with E-state index in [0.717, 1.165) is 46.6 Å². The Labute approximate surface area is 345 Å². The molecule has 5 aromatic rings. The van der Waals surface area contributed by atoms with E-state index in [0.29, 0.717) is 45.7 Å². The zero-order valence-electron chi connectivity index (χ0n) is 34.9. The summed E-state index contributed by atoms with van der Waals surface area (Å²) in [5.74, 6) is 2.92. The second-order valence-electron chi connectivity index (χ2n) is 16.2. The van der Waals surface area contributed by atoms with Crippen LogP contribution in [-0.4, -0.2) is 40.9 Å². The first-order valence-electron chi connectivity index (χ1n) is 19.8. The zero-order valence-corrected chi connectivity index (χ0v) is 34.9. The molecule has 2 aliphatic rings. The molecule has 8 N–H and O–H groups in total. The number of phenols is 8. The Bertz CT molecular complexity index is 2510. The van der Waals surface area contributed by atoms with Crippen LogP contribution in [-0.2, 0) is 30.1 Å². The molecule has 10 nitrogen and oxygen atoms in total. The Morgan fingerprint density at radius 3 is 1.08 bits per heavy atom. The number of allylic oxidation sites excluding steroid dienone is 4. The topological polar surface area (TPSA) is 180 Å². The van der Waals surface area contributed by atoms with Crippen molar-refractivity contribution in [3.63, 3.8) is 0 Å². The van der Waals surface area contributed by atoms with Crippen LogP contribution in [0.5, 0.6) is 57.5 Å². The summed E-state index contributed by atoms with van der Waals surface area (Å²) in [6.07, 6.45) is 2.59. The van der Waals surface area contributed by atoms with E-state index in [-0.39, 0.29) is 69.7 Å². The minimum atomic E-state index is -0.237. The second-order valence-corrected chi connectivity index (χ2v) is 16.2.